The Hall–Kier alpha value is -2.76. The molecular formula is C30H41Cl2NO4. The smallest absolute Gasteiger partial charge is 0.326 e. The van der Waals surface area contributed by atoms with E-state index in [2.05, 4.69) is 37.9 Å². The van der Waals surface area contributed by atoms with E-state index < -0.39 is 17.9 Å². The van der Waals surface area contributed by atoms with E-state index >= 15 is 0 Å². The average molecular weight is 551 g/mol. The molecule has 1 aliphatic carbocycles. The molecule has 1 aromatic carbocycles. The summed E-state index contributed by atoms with van der Waals surface area (Å²) in [5, 5.41) is 11.9. The number of aliphatic carboxylic acids is 1. The van der Waals surface area contributed by atoms with Gasteiger partial charge >= 0.3 is 5.97 Å². The zero-order chi connectivity index (χ0) is 27.1. The van der Waals surface area contributed by atoms with Gasteiger partial charge in [0, 0.05) is 24.0 Å². The fraction of sp³-hybridized carbons (Fsp3) is 0.400. The number of halogens is 2. The lowest BCUT2D eigenvalue weighted by molar-refractivity contribution is -0.141. The van der Waals surface area contributed by atoms with Gasteiger partial charge < -0.3 is 15.2 Å². The first kappa shape index (κ1) is 34.2. The lowest BCUT2D eigenvalue weighted by Crippen LogP contribution is -2.42. The zero-order valence-corrected chi connectivity index (χ0v) is 23.1. The van der Waals surface area contributed by atoms with E-state index in [1.807, 2.05) is 36.4 Å². The first-order valence-corrected chi connectivity index (χ1v) is 12.8. The summed E-state index contributed by atoms with van der Waals surface area (Å²) in [5.74, 6) is -0.879. The molecule has 1 atom stereocenters. The second kappa shape index (κ2) is 18.5. The molecule has 7 heteroatoms. The van der Waals surface area contributed by atoms with Gasteiger partial charge in [0.25, 0.3) is 0 Å². The number of hydrogen-bond donors (Lipinski definition) is 2. The molecule has 0 aliphatic heterocycles. The summed E-state index contributed by atoms with van der Waals surface area (Å²) < 4.78 is 5.38. The van der Waals surface area contributed by atoms with Crippen molar-refractivity contribution in [3.8, 4) is 0 Å². The largest absolute Gasteiger partial charge is 0.500 e. The van der Waals surface area contributed by atoms with Crippen molar-refractivity contribution in [2.75, 3.05) is 7.11 Å². The second-order valence-corrected chi connectivity index (χ2v) is 9.24. The Bertz CT molecular complexity index is 1020. The summed E-state index contributed by atoms with van der Waals surface area (Å²) in [5.41, 5.74) is 4.05. The SMILES string of the molecule is C.C=CCCCC.CCC1=CCC(OC)=C(c2ccc(CC(NC(=O)C(C)=C(Cl)Cl)C(=O)O)cc2)C=C1. The van der Waals surface area contributed by atoms with Crippen LogP contribution in [0.25, 0.3) is 5.57 Å². The highest BCUT2D eigenvalue weighted by Crippen LogP contribution is 2.28. The Morgan fingerprint density at radius 1 is 1.19 bits per heavy atom. The number of nitrogens with one attached hydrogen (secondary N) is 1. The van der Waals surface area contributed by atoms with Gasteiger partial charge in [0.05, 0.1) is 7.11 Å². The summed E-state index contributed by atoms with van der Waals surface area (Å²) in [7, 11) is 1.66. The first-order chi connectivity index (χ1) is 17.2. The van der Waals surface area contributed by atoms with E-state index in [0.717, 1.165) is 28.9 Å². The van der Waals surface area contributed by atoms with Gasteiger partial charge in [0.1, 0.15) is 16.3 Å². The van der Waals surface area contributed by atoms with Crippen LogP contribution in [-0.2, 0) is 20.7 Å². The van der Waals surface area contributed by atoms with Crippen LogP contribution in [0.2, 0.25) is 0 Å². The molecule has 5 nitrogen and oxygen atoms in total. The topological polar surface area (TPSA) is 75.6 Å². The van der Waals surface area contributed by atoms with Crippen molar-refractivity contribution in [2.45, 2.75) is 72.8 Å². The summed E-state index contributed by atoms with van der Waals surface area (Å²) in [6, 6.07) is 6.44. The number of allylic oxidation sites excluding steroid dienone is 6. The number of carbonyl (C=O) groups excluding carboxylic acids is 1. The molecule has 1 unspecified atom stereocenters. The van der Waals surface area contributed by atoms with Gasteiger partial charge in [-0.15, -0.1) is 6.58 Å². The van der Waals surface area contributed by atoms with Gasteiger partial charge in [-0.25, -0.2) is 4.79 Å². The number of hydrogen-bond acceptors (Lipinski definition) is 3. The molecule has 0 fully saturated rings. The quantitative estimate of drug-likeness (QED) is 0.166. The van der Waals surface area contributed by atoms with E-state index in [9.17, 15) is 14.7 Å². The highest BCUT2D eigenvalue weighted by molar-refractivity contribution is 6.57. The van der Waals surface area contributed by atoms with Crippen molar-refractivity contribution in [1.82, 2.24) is 5.32 Å². The third kappa shape index (κ3) is 11.9. The predicted octanol–water partition coefficient (Wildman–Crippen LogP) is 8.16. The number of unbranched alkanes of at least 4 members (excludes halogenated alkanes) is 2. The third-order valence-corrected chi connectivity index (χ3v) is 6.23. The van der Waals surface area contributed by atoms with Gasteiger partial charge in [-0.05, 0) is 30.9 Å². The van der Waals surface area contributed by atoms with Crippen LogP contribution in [0.5, 0.6) is 0 Å². The van der Waals surface area contributed by atoms with Crippen LogP contribution in [0.1, 0.15) is 71.4 Å². The molecule has 2 rings (SSSR count). The van der Waals surface area contributed by atoms with Crippen LogP contribution in [-0.4, -0.2) is 30.1 Å². The van der Waals surface area contributed by atoms with Crippen LogP contribution < -0.4 is 5.32 Å². The highest BCUT2D eigenvalue weighted by Gasteiger charge is 2.22. The molecule has 0 saturated heterocycles. The van der Waals surface area contributed by atoms with Crippen molar-refractivity contribution in [3.05, 3.63) is 87.7 Å². The number of rotatable bonds is 11. The number of carbonyl (C=O) groups is 2. The van der Waals surface area contributed by atoms with Crippen LogP contribution in [0, 0.1) is 0 Å². The molecule has 2 N–H and O–H groups in total. The molecule has 0 radical (unpaired) electrons. The fourth-order valence-electron chi connectivity index (χ4n) is 3.35. The number of ether oxygens (including phenoxy) is 1. The Kier molecular flexibility index (Phi) is 17.1. The lowest BCUT2D eigenvalue weighted by Gasteiger charge is -2.16. The number of carboxylic acid groups (broad SMARTS) is 1. The summed E-state index contributed by atoms with van der Waals surface area (Å²) in [6.07, 6.45) is 13.8. The molecule has 1 aromatic rings. The van der Waals surface area contributed by atoms with E-state index in [-0.39, 0.29) is 23.9 Å². The standard InChI is InChI=1S/C23H25Cl2NO4.C6H12.CH4/c1-4-15-7-11-18(20(30-3)12-8-15)17-9-5-16(6-10-17)13-19(23(28)29)26-22(27)14(2)21(24)25;1-3-5-6-4-2;/h5-11,19H,4,12-13H2,1-3H3,(H,26,27)(H,28,29);3H,1,4-6H2,2H3;1H4. The third-order valence-electron chi connectivity index (χ3n) is 5.66. The second-order valence-electron chi connectivity index (χ2n) is 8.29. The van der Waals surface area contributed by atoms with Gasteiger partial charge in [-0.3, -0.25) is 4.79 Å². The Morgan fingerprint density at radius 2 is 1.84 bits per heavy atom. The van der Waals surface area contributed by atoms with Gasteiger partial charge in [0.2, 0.25) is 5.91 Å². The number of carboxylic acids is 1. The van der Waals surface area contributed by atoms with E-state index in [4.69, 9.17) is 27.9 Å². The molecule has 0 heterocycles. The maximum atomic E-state index is 12.1. The zero-order valence-electron chi connectivity index (χ0n) is 21.6. The molecule has 1 aliphatic rings. The first-order valence-electron chi connectivity index (χ1n) is 12.1. The maximum absolute atomic E-state index is 12.1. The minimum Gasteiger partial charge on any atom is -0.500 e. The molecule has 0 spiro atoms. The van der Waals surface area contributed by atoms with Gasteiger partial charge in [-0.1, -0.05) is 111 Å². The number of amides is 1. The summed E-state index contributed by atoms with van der Waals surface area (Å²) >= 11 is 11.2. The Balaban J connectivity index is 0.00000165. The van der Waals surface area contributed by atoms with Crippen molar-refractivity contribution >= 4 is 40.7 Å². The number of benzene rings is 1. The Morgan fingerprint density at radius 3 is 2.30 bits per heavy atom. The normalized spacial score (nSPS) is 13.1. The van der Waals surface area contributed by atoms with Gasteiger partial charge in [0.15, 0.2) is 0 Å². The predicted molar refractivity (Wildman–Crippen MR) is 157 cm³/mol. The highest BCUT2D eigenvalue weighted by atomic mass is 35.5. The van der Waals surface area contributed by atoms with E-state index in [1.54, 1.807) is 7.11 Å². The molecule has 0 bridgehead atoms. The minimum atomic E-state index is -1.14. The molecule has 204 valence electrons. The molecular weight excluding hydrogens is 509 g/mol. The van der Waals surface area contributed by atoms with E-state index in [0.29, 0.717) is 6.42 Å². The molecule has 0 aromatic heterocycles. The van der Waals surface area contributed by atoms with Gasteiger partial charge in [-0.2, -0.15) is 0 Å². The average Bonchev–Trinajstić information content (AvgIpc) is 3.09. The Labute approximate surface area is 232 Å². The van der Waals surface area contributed by atoms with Crippen molar-refractivity contribution in [3.63, 3.8) is 0 Å². The summed E-state index contributed by atoms with van der Waals surface area (Å²) in [4.78, 5) is 23.7. The van der Waals surface area contributed by atoms with E-state index in [1.165, 1.54) is 31.8 Å². The van der Waals surface area contributed by atoms with Crippen LogP contribution in [0.3, 0.4) is 0 Å². The maximum Gasteiger partial charge on any atom is 0.326 e. The minimum absolute atomic E-state index is 0. The monoisotopic (exact) mass is 549 g/mol. The molecule has 1 amide bonds. The lowest BCUT2D eigenvalue weighted by atomic mass is 9.99. The van der Waals surface area contributed by atoms with Crippen LogP contribution in [0.15, 0.2) is 76.5 Å². The molecule has 0 saturated carbocycles. The van der Waals surface area contributed by atoms with Crippen molar-refractivity contribution < 1.29 is 19.4 Å². The van der Waals surface area contributed by atoms with Crippen LogP contribution >= 0.6 is 23.2 Å². The fourth-order valence-corrected chi connectivity index (χ4v) is 3.53. The summed E-state index contributed by atoms with van der Waals surface area (Å²) in [6.45, 7) is 9.32. The van der Waals surface area contributed by atoms with Crippen molar-refractivity contribution in [2.24, 2.45) is 0 Å². The molecule has 37 heavy (non-hydrogen) atoms. The van der Waals surface area contributed by atoms with Crippen LogP contribution in [0.4, 0.5) is 0 Å². The van der Waals surface area contributed by atoms with Crippen molar-refractivity contribution in [1.29, 1.82) is 0 Å². The number of methoxy groups -OCH3 is 1.